The first-order valence-corrected chi connectivity index (χ1v) is 6.48. The zero-order chi connectivity index (χ0) is 15.8. The smallest absolute Gasteiger partial charge is 0.308 e. The highest BCUT2D eigenvalue weighted by atomic mass is 16.6. The van der Waals surface area contributed by atoms with Crippen LogP contribution in [0, 0.1) is 11.3 Å². The molecule has 1 N–H and O–H groups in total. The first-order chi connectivity index (χ1) is 9.97. The Morgan fingerprint density at radius 2 is 2.05 bits per heavy atom. The van der Waals surface area contributed by atoms with Crippen LogP contribution in [0.2, 0.25) is 0 Å². The minimum absolute atomic E-state index is 0.180. The molecule has 6 heteroatoms. The van der Waals surface area contributed by atoms with Gasteiger partial charge in [-0.15, -0.1) is 0 Å². The maximum absolute atomic E-state index is 11.3. The van der Waals surface area contributed by atoms with Gasteiger partial charge in [0.1, 0.15) is 0 Å². The Bertz CT molecular complexity index is 563. The van der Waals surface area contributed by atoms with Gasteiger partial charge in [0.15, 0.2) is 11.5 Å². The molecule has 21 heavy (non-hydrogen) atoms. The van der Waals surface area contributed by atoms with Crippen LogP contribution in [0.3, 0.4) is 0 Å². The SMILES string of the molecule is COc1cc(C(CCC#N)NC(C)=O)ccc1OC(C)=O. The Balaban J connectivity index is 3.05. The molecule has 1 amide bonds. The van der Waals surface area contributed by atoms with Crippen LogP contribution in [-0.2, 0) is 9.59 Å². The second-order valence-corrected chi connectivity index (χ2v) is 4.45. The Labute approximate surface area is 123 Å². The number of methoxy groups -OCH3 is 1. The van der Waals surface area contributed by atoms with E-state index in [1.165, 1.54) is 21.0 Å². The van der Waals surface area contributed by atoms with E-state index in [0.29, 0.717) is 24.3 Å². The Morgan fingerprint density at radius 3 is 2.57 bits per heavy atom. The Morgan fingerprint density at radius 1 is 1.33 bits per heavy atom. The van der Waals surface area contributed by atoms with Crippen molar-refractivity contribution in [2.24, 2.45) is 0 Å². The molecule has 0 aliphatic heterocycles. The molecule has 112 valence electrons. The van der Waals surface area contributed by atoms with Crippen LogP contribution in [0.1, 0.15) is 38.3 Å². The molecule has 0 aromatic heterocycles. The van der Waals surface area contributed by atoms with Crippen LogP contribution in [-0.4, -0.2) is 19.0 Å². The molecule has 0 fully saturated rings. The van der Waals surface area contributed by atoms with Crippen LogP contribution in [0.15, 0.2) is 18.2 Å². The van der Waals surface area contributed by atoms with Gasteiger partial charge in [-0.1, -0.05) is 6.07 Å². The Hall–Kier alpha value is -2.55. The highest BCUT2D eigenvalue weighted by molar-refractivity contribution is 5.73. The van der Waals surface area contributed by atoms with E-state index < -0.39 is 5.97 Å². The van der Waals surface area contributed by atoms with Gasteiger partial charge in [0.2, 0.25) is 5.91 Å². The predicted octanol–water partition coefficient (Wildman–Crippen LogP) is 2.10. The monoisotopic (exact) mass is 290 g/mol. The summed E-state index contributed by atoms with van der Waals surface area (Å²) in [6.07, 6.45) is 0.811. The number of nitrogens with one attached hydrogen (secondary N) is 1. The van der Waals surface area contributed by atoms with Crippen molar-refractivity contribution >= 4 is 11.9 Å². The number of nitrogens with zero attached hydrogens (tertiary/aromatic N) is 1. The van der Waals surface area contributed by atoms with Gasteiger partial charge in [0, 0.05) is 20.3 Å². The molecular formula is C15H18N2O4. The molecule has 0 radical (unpaired) electrons. The van der Waals surface area contributed by atoms with Crippen LogP contribution in [0.5, 0.6) is 11.5 Å². The number of carbonyl (C=O) groups is 2. The van der Waals surface area contributed by atoms with Crippen molar-refractivity contribution in [1.29, 1.82) is 5.26 Å². The van der Waals surface area contributed by atoms with E-state index in [4.69, 9.17) is 14.7 Å². The zero-order valence-corrected chi connectivity index (χ0v) is 12.3. The Kier molecular flexibility index (Phi) is 6.21. The quantitative estimate of drug-likeness (QED) is 0.640. The van der Waals surface area contributed by atoms with Crippen LogP contribution >= 0.6 is 0 Å². The van der Waals surface area contributed by atoms with Gasteiger partial charge < -0.3 is 14.8 Å². The van der Waals surface area contributed by atoms with E-state index in [2.05, 4.69) is 11.4 Å². The first kappa shape index (κ1) is 16.5. The third-order valence-electron chi connectivity index (χ3n) is 2.77. The van der Waals surface area contributed by atoms with E-state index in [1.807, 2.05) is 0 Å². The lowest BCUT2D eigenvalue weighted by Gasteiger charge is -2.18. The molecule has 0 saturated carbocycles. The summed E-state index contributed by atoms with van der Waals surface area (Å²) in [5.41, 5.74) is 0.785. The summed E-state index contributed by atoms with van der Waals surface area (Å²) >= 11 is 0. The summed E-state index contributed by atoms with van der Waals surface area (Å²) < 4.78 is 10.2. The van der Waals surface area contributed by atoms with E-state index in [1.54, 1.807) is 18.2 Å². The lowest BCUT2D eigenvalue weighted by molar-refractivity contribution is -0.132. The first-order valence-electron chi connectivity index (χ1n) is 6.48. The molecule has 1 aromatic carbocycles. The van der Waals surface area contributed by atoms with E-state index in [-0.39, 0.29) is 11.9 Å². The number of rotatable bonds is 6. The van der Waals surface area contributed by atoms with Crippen molar-refractivity contribution in [2.45, 2.75) is 32.7 Å². The van der Waals surface area contributed by atoms with Crippen LogP contribution in [0.25, 0.3) is 0 Å². The maximum Gasteiger partial charge on any atom is 0.308 e. The molecule has 0 aliphatic rings. The highest BCUT2D eigenvalue weighted by Crippen LogP contribution is 2.31. The fraction of sp³-hybridized carbons (Fsp3) is 0.400. The molecule has 0 heterocycles. The second kappa shape index (κ2) is 7.90. The molecule has 6 nitrogen and oxygen atoms in total. The number of ether oxygens (including phenoxy) is 2. The molecule has 0 bridgehead atoms. The van der Waals surface area contributed by atoms with Crippen molar-refractivity contribution in [2.75, 3.05) is 7.11 Å². The van der Waals surface area contributed by atoms with Gasteiger partial charge in [-0.05, 0) is 24.1 Å². The summed E-state index contributed by atoms with van der Waals surface area (Å²) in [6.45, 7) is 2.73. The zero-order valence-electron chi connectivity index (χ0n) is 12.3. The molecule has 1 rings (SSSR count). The topological polar surface area (TPSA) is 88.4 Å². The molecule has 1 aromatic rings. The van der Waals surface area contributed by atoms with Gasteiger partial charge in [0.25, 0.3) is 0 Å². The fourth-order valence-corrected chi connectivity index (χ4v) is 1.92. The molecular weight excluding hydrogens is 272 g/mol. The number of benzene rings is 1. The molecule has 0 saturated heterocycles. The van der Waals surface area contributed by atoms with E-state index in [9.17, 15) is 9.59 Å². The fourth-order valence-electron chi connectivity index (χ4n) is 1.92. The van der Waals surface area contributed by atoms with Gasteiger partial charge in [0.05, 0.1) is 19.2 Å². The number of amides is 1. The number of nitriles is 1. The van der Waals surface area contributed by atoms with Gasteiger partial charge in [-0.3, -0.25) is 9.59 Å². The normalized spacial score (nSPS) is 11.1. The molecule has 1 atom stereocenters. The van der Waals surface area contributed by atoms with Crippen molar-refractivity contribution in [3.05, 3.63) is 23.8 Å². The summed E-state index contributed by atoms with van der Waals surface area (Å²) in [5, 5.41) is 11.5. The van der Waals surface area contributed by atoms with Crippen molar-refractivity contribution < 1.29 is 19.1 Å². The highest BCUT2D eigenvalue weighted by Gasteiger charge is 2.16. The average molecular weight is 290 g/mol. The number of hydrogen-bond donors (Lipinski definition) is 1. The van der Waals surface area contributed by atoms with Crippen LogP contribution < -0.4 is 14.8 Å². The van der Waals surface area contributed by atoms with Gasteiger partial charge in [-0.2, -0.15) is 5.26 Å². The summed E-state index contributed by atoms with van der Waals surface area (Å²) in [6, 6.07) is 6.80. The summed E-state index contributed by atoms with van der Waals surface area (Å²) in [5.74, 6) is 0.0931. The molecule has 0 aliphatic carbocycles. The van der Waals surface area contributed by atoms with E-state index >= 15 is 0 Å². The predicted molar refractivity (Wildman–Crippen MR) is 75.7 cm³/mol. The second-order valence-electron chi connectivity index (χ2n) is 4.45. The molecule has 0 spiro atoms. The van der Waals surface area contributed by atoms with Gasteiger partial charge in [-0.25, -0.2) is 0 Å². The average Bonchev–Trinajstić information content (AvgIpc) is 2.43. The number of esters is 1. The molecule has 1 unspecified atom stereocenters. The largest absolute Gasteiger partial charge is 0.493 e. The minimum atomic E-state index is -0.441. The third kappa shape index (κ3) is 5.15. The number of hydrogen-bond acceptors (Lipinski definition) is 5. The van der Waals surface area contributed by atoms with E-state index in [0.717, 1.165) is 5.56 Å². The van der Waals surface area contributed by atoms with Gasteiger partial charge >= 0.3 is 5.97 Å². The number of carbonyl (C=O) groups excluding carboxylic acids is 2. The van der Waals surface area contributed by atoms with Crippen molar-refractivity contribution in [3.63, 3.8) is 0 Å². The third-order valence-corrected chi connectivity index (χ3v) is 2.77. The lowest BCUT2D eigenvalue weighted by Crippen LogP contribution is -2.26. The van der Waals surface area contributed by atoms with Crippen LogP contribution in [0.4, 0.5) is 0 Å². The minimum Gasteiger partial charge on any atom is -0.493 e. The standard InChI is InChI=1S/C15H18N2O4/c1-10(18)17-13(5-4-8-16)12-6-7-14(21-11(2)19)15(9-12)20-3/h6-7,9,13H,4-5H2,1-3H3,(H,17,18). The maximum atomic E-state index is 11.3. The summed E-state index contributed by atoms with van der Waals surface area (Å²) in [4.78, 5) is 22.3. The summed E-state index contributed by atoms with van der Waals surface area (Å²) in [7, 11) is 1.47. The lowest BCUT2D eigenvalue weighted by atomic mass is 10.0. The van der Waals surface area contributed by atoms with Crippen molar-refractivity contribution in [3.8, 4) is 17.6 Å². The van der Waals surface area contributed by atoms with Crippen molar-refractivity contribution in [1.82, 2.24) is 5.32 Å².